The number of amides is 1. The highest BCUT2D eigenvalue weighted by atomic mass is 32.2. The van der Waals surface area contributed by atoms with E-state index in [9.17, 15) is 27.7 Å². The molecule has 2 aromatic rings. The van der Waals surface area contributed by atoms with Crippen LogP contribution in [-0.2, 0) is 19.6 Å². The Morgan fingerprint density at radius 2 is 2.03 bits per heavy atom. The molecule has 176 valence electrons. The number of anilines is 2. The minimum Gasteiger partial charge on any atom is -0.378 e. The zero-order chi connectivity index (χ0) is 24.0. The summed E-state index contributed by atoms with van der Waals surface area (Å²) in [5, 5.41) is 15.0. The van der Waals surface area contributed by atoms with Crippen LogP contribution >= 0.6 is 0 Å². The van der Waals surface area contributed by atoms with Crippen LogP contribution < -0.4 is 14.6 Å². The maximum absolute atomic E-state index is 13.5. The molecule has 1 aliphatic heterocycles. The Balaban J connectivity index is 1.77. The number of nitro groups is 1. The molecule has 1 aliphatic rings. The predicted octanol–water partition coefficient (Wildman–Crippen LogP) is 1.49. The number of benzene rings is 2. The van der Waals surface area contributed by atoms with Crippen LogP contribution in [0.5, 0.6) is 0 Å². The van der Waals surface area contributed by atoms with Crippen molar-refractivity contribution in [3.05, 3.63) is 64.0 Å². The van der Waals surface area contributed by atoms with Crippen LogP contribution in [0.1, 0.15) is 5.56 Å². The highest BCUT2D eigenvalue weighted by Gasteiger charge is 2.21. The minimum atomic E-state index is -3.88. The number of ether oxygens (including phenoxy) is 1. The van der Waals surface area contributed by atoms with E-state index in [1.54, 1.807) is 6.07 Å². The Morgan fingerprint density at radius 3 is 2.67 bits per heavy atom. The Kier molecular flexibility index (Phi) is 7.55. The third-order valence-electron chi connectivity index (χ3n) is 4.75. The maximum Gasteiger partial charge on any atom is 0.270 e. The van der Waals surface area contributed by atoms with Gasteiger partial charge in [-0.25, -0.2) is 18.2 Å². The molecule has 0 atom stereocenters. The average Bonchev–Trinajstić information content (AvgIpc) is 2.77. The van der Waals surface area contributed by atoms with Crippen LogP contribution in [-0.4, -0.2) is 64.6 Å². The lowest BCUT2D eigenvalue weighted by molar-refractivity contribution is -0.384. The second-order valence-corrected chi connectivity index (χ2v) is 9.05. The molecule has 1 saturated heterocycles. The summed E-state index contributed by atoms with van der Waals surface area (Å²) >= 11 is 0. The van der Waals surface area contributed by atoms with Crippen molar-refractivity contribution in [2.24, 2.45) is 5.10 Å². The molecule has 33 heavy (non-hydrogen) atoms. The molecule has 0 unspecified atom stereocenters. The lowest BCUT2D eigenvalue weighted by atomic mass is 10.1. The normalized spacial score (nSPS) is 14.3. The fourth-order valence-corrected chi connectivity index (χ4v) is 4.07. The SMILES string of the molecule is CS(=O)(=O)N(CC(=O)N/N=C\c1cc([N+](=O)[O-])ccc1N1CCOCC1)c1cccc(F)c1. The van der Waals surface area contributed by atoms with Gasteiger partial charge in [0.05, 0.1) is 36.3 Å². The van der Waals surface area contributed by atoms with Gasteiger partial charge in [-0.1, -0.05) is 6.07 Å². The van der Waals surface area contributed by atoms with Crippen molar-refractivity contribution in [3.8, 4) is 0 Å². The number of hydrogen-bond donors (Lipinski definition) is 1. The van der Waals surface area contributed by atoms with Crippen molar-refractivity contribution in [2.45, 2.75) is 0 Å². The van der Waals surface area contributed by atoms with Crippen LogP contribution in [0.3, 0.4) is 0 Å². The highest BCUT2D eigenvalue weighted by Crippen LogP contribution is 2.25. The Hall–Kier alpha value is -3.58. The number of hydrazone groups is 1. The predicted molar refractivity (Wildman–Crippen MR) is 120 cm³/mol. The maximum atomic E-state index is 13.5. The van der Waals surface area contributed by atoms with Crippen LogP contribution in [0, 0.1) is 15.9 Å². The van der Waals surface area contributed by atoms with Gasteiger partial charge in [0.2, 0.25) is 10.0 Å². The summed E-state index contributed by atoms with van der Waals surface area (Å²) in [6.45, 7) is 1.55. The molecule has 3 rings (SSSR count). The van der Waals surface area contributed by atoms with Crippen molar-refractivity contribution in [2.75, 3.05) is 48.3 Å². The number of hydrogen-bond acceptors (Lipinski definition) is 8. The van der Waals surface area contributed by atoms with Crippen LogP contribution in [0.4, 0.5) is 21.5 Å². The van der Waals surface area contributed by atoms with Crippen molar-refractivity contribution in [1.29, 1.82) is 0 Å². The van der Waals surface area contributed by atoms with Gasteiger partial charge in [-0.05, 0) is 24.3 Å². The number of carbonyl (C=O) groups is 1. The first-order valence-electron chi connectivity index (χ1n) is 9.81. The molecule has 0 bridgehead atoms. The number of nitrogens with one attached hydrogen (secondary N) is 1. The van der Waals surface area contributed by atoms with E-state index in [-0.39, 0.29) is 11.4 Å². The number of sulfonamides is 1. The summed E-state index contributed by atoms with van der Waals surface area (Å²) in [5.74, 6) is -1.43. The molecule has 11 nitrogen and oxygen atoms in total. The van der Waals surface area contributed by atoms with E-state index in [2.05, 4.69) is 10.5 Å². The lowest BCUT2D eigenvalue weighted by Gasteiger charge is -2.29. The molecule has 0 aromatic heterocycles. The quantitative estimate of drug-likeness (QED) is 0.344. The fraction of sp³-hybridized carbons (Fsp3) is 0.300. The number of morpholine rings is 1. The van der Waals surface area contributed by atoms with E-state index < -0.39 is 33.2 Å². The first kappa shape index (κ1) is 24.1. The molecule has 0 radical (unpaired) electrons. The van der Waals surface area contributed by atoms with Gasteiger partial charge in [-0.3, -0.25) is 19.2 Å². The molecule has 13 heteroatoms. The Morgan fingerprint density at radius 1 is 1.30 bits per heavy atom. The molecular formula is C20H22FN5O6S. The number of nitrogens with zero attached hydrogens (tertiary/aromatic N) is 4. The molecule has 0 aliphatic carbocycles. The summed E-state index contributed by atoms with van der Waals surface area (Å²) in [6, 6.07) is 9.14. The Bertz CT molecular complexity index is 1170. The first-order chi connectivity index (χ1) is 15.6. The third kappa shape index (κ3) is 6.46. The lowest BCUT2D eigenvalue weighted by Crippen LogP contribution is -2.39. The molecular weight excluding hydrogens is 457 g/mol. The smallest absolute Gasteiger partial charge is 0.270 e. The van der Waals surface area contributed by atoms with E-state index in [0.29, 0.717) is 37.6 Å². The number of carbonyl (C=O) groups excluding carboxylic acids is 1. The summed E-state index contributed by atoms with van der Waals surface area (Å²) in [7, 11) is -3.88. The summed E-state index contributed by atoms with van der Waals surface area (Å²) in [4.78, 5) is 25.0. The number of nitro benzene ring substituents is 1. The molecule has 1 amide bonds. The Labute approximate surface area is 189 Å². The van der Waals surface area contributed by atoms with E-state index in [1.165, 1.54) is 30.5 Å². The molecule has 1 fully saturated rings. The van der Waals surface area contributed by atoms with Gasteiger partial charge in [-0.2, -0.15) is 5.10 Å². The fourth-order valence-electron chi connectivity index (χ4n) is 3.22. The van der Waals surface area contributed by atoms with Crippen molar-refractivity contribution >= 4 is 39.2 Å². The molecule has 1 N–H and O–H groups in total. The van der Waals surface area contributed by atoms with Crippen molar-refractivity contribution in [1.82, 2.24) is 5.43 Å². The van der Waals surface area contributed by atoms with Crippen molar-refractivity contribution < 1.29 is 27.3 Å². The third-order valence-corrected chi connectivity index (χ3v) is 5.89. The average molecular weight is 479 g/mol. The largest absolute Gasteiger partial charge is 0.378 e. The van der Waals surface area contributed by atoms with Crippen LogP contribution in [0.25, 0.3) is 0 Å². The van der Waals surface area contributed by atoms with Gasteiger partial charge in [0.15, 0.2) is 0 Å². The van der Waals surface area contributed by atoms with Crippen LogP contribution in [0.15, 0.2) is 47.6 Å². The summed E-state index contributed by atoms with van der Waals surface area (Å²) in [6.07, 6.45) is 2.15. The van der Waals surface area contributed by atoms with E-state index in [0.717, 1.165) is 22.7 Å². The number of non-ortho nitro benzene ring substituents is 1. The monoisotopic (exact) mass is 479 g/mol. The molecule has 1 heterocycles. The van der Waals surface area contributed by atoms with Gasteiger partial charge in [0, 0.05) is 36.5 Å². The van der Waals surface area contributed by atoms with Gasteiger partial charge in [0.25, 0.3) is 11.6 Å². The topological polar surface area (TPSA) is 134 Å². The van der Waals surface area contributed by atoms with Gasteiger partial charge >= 0.3 is 0 Å². The number of halogens is 1. The van der Waals surface area contributed by atoms with E-state index >= 15 is 0 Å². The van der Waals surface area contributed by atoms with Gasteiger partial charge < -0.3 is 9.64 Å². The standard InChI is InChI=1S/C20H22FN5O6S/c1-33(30,31)25(17-4-2-3-16(21)12-17)14-20(27)23-22-13-15-11-18(26(28)29)5-6-19(15)24-7-9-32-10-8-24/h2-6,11-13H,7-10,14H2,1H3,(H,23,27)/b22-13-. The highest BCUT2D eigenvalue weighted by molar-refractivity contribution is 7.92. The zero-order valence-electron chi connectivity index (χ0n) is 17.7. The van der Waals surface area contributed by atoms with Gasteiger partial charge in [-0.15, -0.1) is 0 Å². The summed E-state index contributed by atoms with van der Waals surface area (Å²) in [5.41, 5.74) is 3.14. The summed E-state index contributed by atoms with van der Waals surface area (Å²) < 4.78 is 43.8. The second kappa shape index (κ2) is 10.4. The zero-order valence-corrected chi connectivity index (χ0v) is 18.5. The van der Waals surface area contributed by atoms with E-state index in [4.69, 9.17) is 4.74 Å². The minimum absolute atomic E-state index is 0.00934. The second-order valence-electron chi connectivity index (χ2n) is 7.14. The van der Waals surface area contributed by atoms with Crippen molar-refractivity contribution in [3.63, 3.8) is 0 Å². The number of rotatable bonds is 8. The van der Waals surface area contributed by atoms with E-state index in [1.807, 2.05) is 4.90 Å². The van der Waals surface area contributed by atoms with Crippen LogP contribution in [0.2, 0.25) is 0 Å². The first-order valence-corrected chi connectivity index (χ1v) is 11.7. The molecule has 2 aromatic carbocycles. The molecule has 0 saturated carbocycles. The van der Waals surface area contributed by atoms with Gasteiger partial charge in [0.1, 0.15) is 12.4 Å². The molecule has 0 spiro atoms.